The molecule has 4 amide bonds. The quantitative estimate of drug-likeness (QED) is 0.764. The SMILES string of the molecule is CC1(c2ccc(F)cc2)NC(=O)N(CC(=O)NC23CC4CC(CC(C4)C2)C3)C1=O. The Hall–Kier alpha value is -2.44. The number of amides is 4. The number of benzene rings is 1. The van der Waals surface area contributed by atoms with Gasteiger partial charge in [-0.05, 0) is 80.9 Å². The highest BCUT2D eigenvalue weighted by Gasteiger charge is 2.53. The summed E-state index contributed by atoms with van der Waals surface area (Å²) in [6, 6.07) is 4.87. The molecule has 2 N–H and O–H groups in total. The standard InChI is InChI=1S/C22H26FN3O3/c1-21(16-2-4-17(23)5-3-16)19(28)26(20(29)25-21)12-18(27)24-22-9-13-6-14(10-22)8-15(7-13)11-22/h2-5,13-15H,6-12H2,1H3,(H,24,27)(H,25,29). The molecule has 1 aromatic rings. The van der Waals surface area contributed by atoms with Gasteiger partial charge in [0.1, 0.15) is 17.9 Å². The maximum absolute atomic E-state index is 13.2. The van der Waals surface area contributed by atoms with E-state index in [1.165, 1.54) is 43.5 Å². The second-order valence-electron chi connectivity index (χ2n) is 9.70. The van der Waals surface area contributed by atoms with E-state index in [4.69, 9.17) is 0 Å². The Morgan fingerprint density at radius 2 is 1.66 bits per heavy atom. The number of imide groups is 1. The van der Waals surface area contributed by atoms with Gasteiger partial charge in [0.05, 0.1) is 0 Å². The number of urea groups is 1. The zero-order chi connectivity index (χ0) is 20.4. The maximum atomic E-state index is 13.2. The number of nitrogens with one attached hydrogen (secondary N) is 2. The van der Waals surface area contributed by atoms with Crippen molar-refractivity contribution in [3.63, 3.8) is 0 Å². The highest BCUT2D eigenvalue weighted by Crippen LogP contribution is 2.55. The van der Waals surface area contributed by atoms with E-state index in [-0.39, 0.29) is 18.0 Å². The van der Waals surface area contributed by atoms with E-state index < -0.39 is 23.3 Å². The van der Waals surface area contributed by atoms with Crippen molar-refractivity contribution in [2.24, 2.45) is 17.8 Å². The molecule has 4 bridgehead atoms. The van der Waals surface area contributed by atoms with Crippen LogP contribution in [0.3, 0.4) is 0 Å². The number of carbonyl (C=O) groups is 3. The average molecular weight is 399 g/mol. The predicted octanol–water partition coefficient (Wildman–Crippen LogP) is 2.68. The summed E-state index contributed by atoms with van der Waals surface area (Å²) in [7, 11) is 0. The van der Waals surface area contributed by atoms with E-state index in [1.807, 2.05) is 0 Å². The van der Waals surface area contributed by atoms with E-state index in [1.54, 1.807) is 6.92 Å². The number of hydrogen-bond donors (Lipinski definition) is 2. The Balaban J connectivity index is 1.29. The van der Waals surface area contributed by atoms with Crippen molar-refractivity contribution in [3.8, 4) is 0 Å². The molecule has 5 aliphatic rings. The van der Waals surface area contributed by atoms with Gasteiger partial charge in [-0.15, -0.1) is 0 Å². The van der Waals surface area contributed by atoms with Crippen molar-refractivity contribution in [2.75, 3.05) is 6.54 Å². The van der Waals surface area contributed by atoms with Crippen LogP contribution >= 0.6 is 0 Å². The molecule has 1 aliphatic heterocycles. The molecule has 0 spiro atoms. The highest BCUT2D eigenvalue weighted by molar-refractivity contribution is 6.09. The predicted molar refractivity (Wildman–Crippen MR) is 103 cm³/mol. The molecule has 5 fully saturated rings. The molecule has 7 heteroatoms. The Kier molecular flexibility index (Phi) is 4.02. The molecule has 4 aliphatic carbocycles. The van der Waals surface area contributed by atoms with Gasteiger partial charge in [0, 0.05) is 5.54 Å². The van der Waals surface area contributed by atoms with Crippen LogP contribution in [0.5, 0.6) is 0 Å². The van der Waals surface area contributed by atoms with E-state index in [0.717, 1.165) is 24.2 Å². The van der Waals surface area contributed by atoms with Crippen molar-refractivity contribution < 1.29 is 18.8 Å². The van der Waals surface area contributed by atoms with E-state index in [9.17, 15) is 18.8 Å². The average Bonchev–Trinajstić information content (AvgIpc) is 2.84. The van der Waals surface area contributed by atoms with E-state index >= 15 is 0 Å². The number of rotatable bonds is 4. The van der Waals surface area contributed by atoms with Crippen LogP contribution in [0.1, 0.15) is 51.0 Å². The van der Waals surface area contributed by atoms with Gasteiger partial charge in [0.25, 0.3) is 5.91 Å². The van der Waals surface area contributed by atoms with Gasteiger partial charge in [-0.1, -0.05) is 12.1 Å². The van der Waals surface area contributed by atoms with Crippen LogP contribution in [-0.4, -0.2) is 34.8 Å². The number of hydrogen-bond acceptors (Lipinski definition) is 3. The first-order valence-corrected chi connectivity index (χ1v) is 10.5. The van der Waals surface area contributed by atoms with Crippen LogP contribution < -0.4 is 10.6 Å². The minimum absolute atomic E-state index is 0.161. The molecule has 154 valence electrons. The normalized spacial score (nSPS) is 37.7. The van der Waals surface area contributed by atoms with Crippen LogP contribution in [0.2, 0.25) is 0 Å². The molecule has 0 aromatic heterocycles. The summed E-state index contributed by atoms with van der Waals surface area (Å²) in [4.78, 5) is 39.3. The lowest BCUT2D eigenvalue weighted by molar-refractivity contribution is -0.136. The fraction of sp³-hybridized carbons (Fsp3) is 0.591. The molecule has 1 saturated heterocycles. The molecule has 1 atom stereocenters. The lowest BCUT2D eigenvalue weighted by atomic mass is 9.53. The summed E-state index contributed by atoms with van der Waals surface area (Å²) in [6.07, 6.45) is 6.86. The van der Waals surface area contributed by atoms with Gasteiger partial charge in [0.15, 0.2) is 0 Å². The Bertz CT molecular complexity index is 849. The smallest absolute Gasteiger partial charge is 0.325 e. The third-order valence-corrected chi connectivity index (χ3v) is 7.44. The van der Waals surface area contributed by atoms with Crippen molar-refractivity contribution in [1.82, 2.24) is 15.5 Å². The van der Waals surface area contributed by atoms with Crippen molar-refractivity contribution in [2.45, 2.75) is 56.5 Å². The molecule has 1 aromatic carbocycles. The van der Waals surface area contributed by atoms with E-state index in [0.29, 0.717) is 23.3 Å². The van der Waals surface area contributed by atoms with Crippen molar-refractivity contribution in [3.05, 3.63) is 35.6 Å². The summed E-state index contributed by atoms with van der Waals surface area (Å²) >= 11 is 0. The lowest BCUT2D eigenvalue weighted by Gasteiger charge is -2.56. The second-order valence-corrected chi connectivity index (χ2v) is 9.70. The minimum Gasteiger partial charge on any atom is -0.349 e. The fourth-order valence-corrected chi connectivity index (χ4v) is 6.56. The van der Waals surface area contributed by atoms with Crippen LogP contribution in [0.4, 0.5) is 9.18 Å². The Labute approximate surface area is 169 Å². The molecular weight excluding hydrogens is 373 g/mol. The first-order chi connectivity index (χ1) is 13.8. The highest BCUT2D eigenvalue weighted by atomic mass is 19.1. The molecule has 4 saturated carbocycles. The van der Waals surface area contributed by atoms with Gasteiger partial charge in [-0.3, -0.25) is 14.5 Å². The Morgan fingerprint density at radius 1 is 1.10 bits per heavy atom. The Morgan fingerprint density at radius 3 is 2.21 bits per heavy atom. The van der Waals surface area contributed by atoms with Crippen molar-refractivity contribution >= 4 is 17.8 Å². The molecule has 29 heavy (non-hydrogen) atoms. The summed E-state index contributed by atoms with van der Waals surface area (Å²) < 4.78 is 13.2. The van der Waals surface area contributed by atoms with Crippen LogP contribution in [0.25, 0.3) is 0 Å². The monoisotopic (exact) mass is 399 g/mol. The minimum atomic E-state index is -1.30. The van der Waals surface area contributed by atoms with Crippen molar-refractivity contribution in [1.29, 1.82) is 0 Å². The molecule has 0 radical (unpaired) electrons. The summed E-state index contributed by atoms with van der Waals surface area (Å²) in [5, 5.41) is 5.87. The largest absolute Gasteiger partial charge is 0.349 e. The molecular formula is C22H26FN3O3. The molecule has 6 nitrogen and oxygen atoms in total. The third kappa shape index (κ3) is 3.02. The second kappa shape index (κ2) is 6.28. The van der Waals surface area contributed by atoms with Gasteiger partial charge < -0.3 is 10.6 Å². The maximum Gasteiger partial charge on any atom is 0.325 e. The fourth-order valence-electron chi connectivity index (χ4n) is 6.56. The topological polar surface area (TPSA) is 78.5 Å². The third-order valence-electron chi connectivity index (χ3n) is 7.44. The first-order valence-electron chi connectivity index (χ1n) is 10.5. The van der Waals surface area contributed by atoms with Crippen LogP contribution in [-0.2, 0) is 15.1 Å². The summed E-state index contributed by atoms with van der Waals surface area (Å²) in [5.41, 5.74) is -0.974. The molecule has 1 unspecified atom stereocenters. The van der Waals surface area contributed by atoms with Gasteiger partial charge in [-0.25, -0.2) is 9.18 Å². The number of halogens is 1. The molecule has 6 rings (SSSR count). The van der Waals surface area contributed by atoms with Gasteiger partial charge >= 0.3 is 6.03 Å². The van der Waals surface area contributed by atoms with Crippen LogP contribution in [0.15, 0.2) is 24.3 Å². The number of nitrogens with zero attached hydrogens (tertiary/aromatic N) is 1. The zero-order valence-electron chi connectivity index (χ0n) is 16.5. The van der Waals surface area contributed by atoms with E-state index in [2.05, 4.69) is 10.6 Å². The molecule has 1 heterocycles. The summed E-state index contributed by atoms with van der Waals surface area (Å²) in [5.74, 6) is 0.898. The first kappa shape index (κ1) is 18.6. The zero-order valence-corrected chi connectivity index (χ0v) is 16.5. The lowest BCUT2D eigenvalue weighted by Crippen LogP contribution is -2.61. The summed E-state index contributed by atoms with van der Waals surface area (Å²) in [6.45, 7) is 1.29. The van der Waals surface area contributed by atoms with Gasteiger partial charge in [-0.2, -0.15) is 0 Å². The van der Waals surface area contributed by atoms with Gasteiger partial charge in [0.2, 0.25) is 5.91 Å². The van der Waals surface area contributed by atoms with Crippen LogP contribution in [0, 0.1) is 23.6 Å². The number of carbonyl (C=O) groups excluding carboxylic acids is 3.